The summed E-state index contributed by atoms with van der Waals surface area (Å²) in [6, 6.07) is -0.608. The first kappa shape index (κ1) is 26.4. The number of unbranched alkanes of at least 4 members (excludes halogenated alkanes) is 4. The van der Waals surface area contributed by atoms with Crippen molar-refractivity contribution >= 4 is 17.9 Å². The Kier molecular flexibility index (Phi) is 16.5. The van der Waals surface area contributed by atoms with Gasteiger partial charge in [-0.25, -0.2) is 0 Å². The maximum Gasteiger partial charge on any atom is 0.322 e. The van der Waals surface area contributed by atoms with Crippen molar-refractivity contribution in [2.24, 2.45) is 11.7 Å². The van der Waals surface area contributed by atoms with Crippen LogP contribution in [0.1, 0.15) is 85.0 Å². The monoisotopic (exact) mass is 401 g/mol. The van der Waals surface area contributed by atoms with E-state index in [1.165, 1.54) is 0 Å². The summed E-state index contributed by atoms with van der Waals surface area (Å²) < 4.78 is 15.4. The van der Waals surface area contributed by atoms with Crippen LogP contribution in [0.4, 0.5) is 0 Å². The van der Waals surface area contributed by atoms with Gasteiger partial charge in [-0.2, -0.15) is 0 Å². The van der Waals surface area contributed by atoms with Gasteiger partial charge in [-0.05, 0) is 32.6 Å². The minimum Gasteiger partial charge on any atom is -0.466 e. The van der Waals surface area contributed by atoms with E-state index < -0.39 is 12.0 Å². The quantitative estimate of drug-likeness (QED) is 0.226. The summed E-state index contributed by atoms with van der Waals surface area (Å²) in [5.41, 5.74) is 5.78. The Balaban J connectivity index is 4.33. The highest BCUT2D eigenvalue weighted by atomic mass is 16.5. The summed E-state index contributed by atoms with van der Waals surface area (Å²) in [5, 5.41) is 0. The molecule has 0 aliphatic carbocycles. The van der Waals surface area contributed by atoms with Gasteiger partial charge in [0.05, 0.1) is 32.2 Å². The Labute approximate surface area is 169 Å². The van der Waals surface area contributed by atoms with Gasteiger partial charge in [0.2, 0.25) is 0 Å². The van der Waals surface area contributed by atoms with Gasteiger partial charge in [0.25, 0.3) is 0 Å². The third kappa shape index (κ3) is 13.5. The molecule has 0 amide bonds. The van der Waals surface area contributed by atoms with Gasteiger partial charge >= 0.3 is 17.9 Å². The molecular weight excluding hydrogens is 362 g/mol. The molecule has 0 heterocycles. The molecule has 0 aliphatic rings. The summed E-state index contributed by atoms with van der Waals surface area (Å²) in [6.45, 7) is 6.89. The Morgan fingerprint density at radius 3 is 1.96 bits per heavy atom. The van der Waals surface area contributed by atoms with E-state index in [2.05, 4.69) is 0 Å². The molecule has 2 N–H and O–H groups in total. The van der Waals surface area contributed by atoms with Crippen LogP contribution in [0, 0.1) is 5.92 Å². The lowest BCUT2D eigenvalue weighted by Gasteiger charge is -2.16. The van der Waals surface area contributed by atoms with Crippen molar-refractivity contribution in [1.29, 1.82) is 0 Å². The summed E-state index contributed by atoms with van der Waals surface area (Å²) in [4.78, 5) is 35.8. The van der Waals surface area contributed by atoms with Crippen LogP contribution in [0.3, 0.4) is 0 Å². The predicted octanol–water partition coefficient (Wildman–Crippen LogP) is 3.52. The first-order chi connectivity index (χ1) is 13.5. The van der Waals surface area contributed by atoms with Crippen molar-refractivity contribution < 1.29 is 28.6 Å². The van der Waals surface area contributed by atoms with E-state index >= 15 is 0 Å². The molecular formula is C21H39NO6. The third-order valence-electron chi connectivity index (χ3n) is 4.41. The van der Waals surface area contributed by atoms with Crippen molar-refractivity contribution in [3.63, 3.8) is 0 Å². The molecule has 0 saturated heterocycles. The summed E-state index contributed by atoms with van der Waals surface area (Å²) in [6.07, 6.45) is 7.01. The average molecular weight is 402 g/mol. The van der Waals surface area contributed by atoms with E-state index in [0.29, 0.717) is 32.7 Å². The Morgan fingerprint density at radius 1 is 0.750 bits per heavy atom. The fourth-order valence-corrected chi connectivity index (χ4v) is 2.63. The summed E-state index contributed by atoms with van der Waals surface area (Å²) >= 11 is 0. The molecule has 7 nitrogen and oxygen atoms in total. The van der Waals surface area contributed by atoms with Crippen LogP contribution in [0.25, 0.3) is 0 Å². The molecule has 2 atom stereocenters. The average Bonchev–Trinajstić information content (AvgIpc) is 2.67. The second-order valence-electron chi connectivity index (χ2n) is 6.99. The topological polar surface area (TPSA) is 105 Å². The smallest absolute Gasteiger partial charge is 0.322 e. The first-order valence-corrected chi connectivity index (χ1v) is 10.7. The molecule has 0 saturated carbocycles. The van der Waals surface area contributed by atoms with Gasteiger partial charge < -0.3 is 19.9 Å². The number of rotatable bonds is 17. The molecule has 28 heavy (non-hydrogen) atoms. The number of ether oxygens (including phenoxy) is 3. The molecule has 0 spiro atoms. The van der Waals surface area contributed by atoms with Gasteiger partial charge in [0, 0.05) is 0 Å². The maximum atomic E-state index is 12.3. The molecule has 0 aromatic rings. The molecule has 0 fully saturated rings. The third-order valence-corrected chi connectivity index (χ3v) is 4.41. The largest absolute Gasteiger partial charge is 0.466 e. The van der Waals surface area contributed by atoms with Crippen molar-refractivity contribution in [3.05, 3.63) is 0 Å². The van der Waals surface area contributed by atoms with Gasteiger partial charge in [-0.3, -0.25) is 14.4 Å². The highest BCUT2D eigenvalue weighted by molar-refractivity contribution is 5.80. The normalized spacial score (nSPS) is 12.9. The SMILES string of the molecule is CCCCOC(=O)CC(CCCCCC(N)C(=O)OCC)C(=O)OCCCC. The summed E-state index contributed by atoms with van der Waals surface area (Å²) in [5.74, 6) is -1.54. The Hall–Kier alpha value is -1.63. The standard InChI is InChI=1S/C21H39NO6/c1-4-7-14-27-19(23)16-17(20(24)28-15-8-5-2)12-10-9-11-13-18(22)21(25)26-6-3/h17-18H,4-16,22H2,1-3H3. The predicted molar refractivity (Wildman–Crippen MR) is 108 cm³/mol. The van der Waals surface area contributed by atoms with E-state index in [4.69, 9.17) is 19.9 Å². The number of nitrogens with two attached hydrogens (primary N) is 1. The van der Waals surface area contributed by atoms with Crippen molar-refractivity contribution in [2.75, 3.05) is 19.8 Å². The highest BCUT2D eigenvalue weighted by Gasteiger charge is 2.24. The number of esters is 3. The van der Waals surface area contributed by atoms with E-state index in [1.807, 2.05) is 13.8 Å². The fourth-order valence-electron chi connectivity index (χ4n) is 2.63. The van der Waals surface area contributed by atoms with Crippen LogP contribution in [0.5, 0.6) is 0 Å². The lowest BCUT2D eigenvalue weighted by Crippen LogP contribution is -2.32. The zero-order chi connectivity index (χ0) is 21.2. The second kappa shape index (κ2) is 17.5. The highest BCUT2D eigenvalue weighted by Crippen LogP contribution is 2.18. The molecule has 0 aliphatic heterocycles. The molecule has 0 aromatic heterocycles. The van der Waals surface area contributed by atoms with Crippen molar-refractivity contribution in [3.8, 4) is 0 Å². The maximum absolute atomic E-state index is 12.3. The van der Waals surface area contributed by atoms with E-state index in [-0.39, 0.29) is 24.3 Å². The zero-order valence-electron chi connectivity index (χ0n) is 17.9. The second-order valence-corrected chi connectivity index (χ2v) is 6.99. The molecule has 0 bridgehead atoms. The van der Waals surface area contributed by atoms with Crippen LogP contribution >= 0.6 is 0 Å². The number of hydrogen-bond donors (Lipinski definition) is 1. The van der Waals surface area contributed by atoms with Gasteiger partial charge in [0.15, 0.2) is 0 Å². The number of carbonyl (C=O) groups excluding carboxylic acids is 3. The lowest BCUT2D eigenvalue weighted by molar-refractivity contribution is -0.155. The molecule has 0 rings (SSSR count). The van der Waals surface area contributed by atoms with Crippen LogP contribution in [-0.2, 0) is 28.6 Å². The number of hydrogen-bond acceptors (Lipinski definition) is 7. The Bertz CT molecular complexity index is 441. The molecule has 7 heteroatoms. The lowest BCUT2D eigenvalue weighted by atomic mass is 9.97. The van der Waals surface area contributed by atoms with Crippen molar-refractivity contribution in [2.45, 2.75) is 91.0 Å². The van der Waals surface area contributed by atoms with Crippen LogP contribution in [0.2, 0.25) is 0 Å². The van der Waals surface area contributed by atoms with Crippen LogP contribution in [-0.4, -0.2) is 43.8 Å². The minimum absolute atomic E-state index is 0.0526. The van der Waals surface area contributed by atoms with E-state index in [0.717, 1.165) is 44.9 Å². The van der Waals surface area contributed by atoms with Gasteiger partial charge in [-0.15, -0.1) is 0 Å². The zero-order valence-corrected chi connectivity index (χ0v) is 17.9. The molecule has 0 radical (unpaired) electrons. The Morgan fingerprint density at radius 2 is 1.36 bits per heavy atom. The minimum atomic E-state index is -0.608. The first-order valence-electron chi connectivity index (χ1n) is 10.7. The van der Waals surface area contributed by atoms with Gasteiger partial charge in [0.1, 0.15) is 6.04 Å². The van der Waals surface area contributed by atoms with E-state index in [9.17, 15) is 14.4 Å². The van der Waals surface area contributed by atoms with Crippen LogP contribution in [0.15, 0.2) is 0 Å². The van der Waals surface area contributed by atoms with Gasteiger partial charge in [-0.1, -0.05) is 46.0 Å². The van der Waals surface area contributed by atoms with E-state index in [1.54, 1.807) is 6.92 Å². The number of carbonyl (C=O) groups is 3. The summed E-state index contributed by atoms with van der Waals surface area (Å²) in [7, 11) is 0. The van der Waals surface area contributed by atoms with Crippen LogP contribution < -0.4 is 5.73 Å². The fraction of sp³-hybridized carbons (Fsp3) is 0.857. The molecule has 164 valence electrons. The molecule has 2 unspecified atom stereocenters. The molecule has 0 aromatic carbocycles. The van der Waals surface area contributed by atoms with Crippen molar-refractivity contribution in [1.82, 2.24) is 0 Å².